The molecular weight excluding hydrogens is 234 g/mol. The van der Waals surface area contributed by atoms with E-state index < -0.39 is 0 Å². The van der Waals surface area contributed by atoms with E-state index in [1.807, 2.05) is 0 Å². The molecule has 1 N–H and O–H groups in total. The number of hydrogen-bond donors (Lipinski definition) is 1. The van der Waals surface area contributed by atoms with E-state index in [2.05, 4.69) is 12.2 Å². The van der Waals surface area contributed by atoms with Crippen LogP contribution in [0.25, 0.3) is 0 Å². The van der Waals surface area contributed by atoms with Crippen LogP contribution in [0.4, 0.5) is 0 Å². The van der Waals surface area contributed by atoms with Crippen molar-refractivity contribution in [1.29, 1.82) is 0 Å². The summed E-state index contributed by atoms with van der Waals surface area (Å²) in [7, 11) is 0. The van der Waals surface area contributed by atoms with Crippen molar-refractivity contribution in [3.8, 4) is 0 Å². The molecule has 0 amide bonds. The molecule has 0 aromatic carbocycles. The molecule has 0 radical (unpaired) electrons. The lowest BCUT2D eigenvalue weighted by atomic mass is 9.92. The van der Waals surface area contributed by atoms with E-state index in [0.717, 1.165) is 18.6 Å². The zero-order valence-electron chi connectivity index (χ0n) is 12.8. The maximum absolute atomic E-state index is 5.71. The van der Waals surface area contributed by atoms with Crippen LogP contribution in [0.1, 0.15) is 77.6 Å². The Balaban J connectivity index is 1.60. The van der Waals surface area contributed by atoms with Crippen LogP contribution in [0.5, 0.6) is 0 Å². The first-order valence-corrected chi connectivity index (χ1v) is 8.75. The average molecular weight is 267 g/mol. The molecule has 19 heavy (non-hydrogen) atoms. The van der Waals surface area contributed by atoms with E-state index in [4.69, 9.17) is 4.74 Å². The Bertz CT molecular complexity index is 219. The SMILES string of the molecule is CCCNC(CCCCC1CCCO1)C1CCCC1. The molecule has 0 aromatic heterocycles. The second-order valence-electron chi connectivity index (χ2n) is 6.52. The van der Waals surface area contributed by atoms with Gasteiger partial charge in [0, 0.05) is 12.6 Å². The third-order valence-electron chi connectivity index (χ3n) is 4.94. The third kappa shape index (κ3) is 5.43. The molecule has 112 valence electrons. The number of ether oxygens (including phenoxy) is 1. The molecule has 0 spiro atoms. The molecule has 2 fully saturated rings. The van der Waals surface area contributed by atoms with Gasteiger partial charge in [0.1, 0.15) is 0 Å². The van der Waals surface area contributed by atoms with Crippen LogP contribution >= 0.6 is 0 Å². The van der Waals surface area contributed by atoms with Crippen LogP contribution in [0.3, 0.4) is 0 Å². The van der Waals surface area contributed by atoms with Crippen LogP contribution < -0.4 is 5.32 Å². The van der Waals surface area contributed by atoms with Gasteiger partial charge in [0.05, 0.1) is 6.10 Å². The summed E-state index contributed by atoms with van der Waals surface area (Å²) in [5.41, 5.74) is 0. The van der Waals surface area contributed by atoms with E-state index in [1.165, 1.54) is 77.2 Å². The zero-order chi connectivity index (χ0) is 13.3. The second-order valence-corrected chi connectivity index (χ2v) is 6.52. The third-order valence-corrected chi connectivity index (χ3v) is 4.94. The largest absolute Gasteiger partial charge is 0.378 e. The van der Waals surface area contributed by atoms with Gasteiger partial charge in [-0.3, -0.25) is 0 Å². The van der Waals surface area contributed by atoms with Gasteiger partial charge in [-0.15, -0.1) is 0 Å². The summed E-state index contributed by atoms with van der Waals surface area (Å²) in [6, 6.07) is 0.798. The zero-order valence-corrected chi connectivity index (χ0v) is 12.8. The average Bonchev–Trinajstić information content (AvgIpc) is 3.11. The first-order chi connectivity index (χ1) is 9.40. The lowest BCUT2D eigenvalue weighted by Gasteiger charge is -2.25. The first kappa shape index (κ1) is 15.3. The van der Waals surface area contributed by atoms with E-state index in [9.17, 15) is 0 Å². The van der Waals surface area contributed by atoms with Crippen LogP contribution in [0, 0.1) is 5.92 Å². The summed E-state index contributed by atoms with van der Waals surface area (Å²) in [5.74, 6) is 0.967. The maximum Gasteiger partial charge on any atom is 0.0576 e. The summed E-state index contributed by atoms with van der Waals surface area (Å²) in [6.07, 6.45) is 15.7. The highest BCUT2D eigenvalue weighted by Gasteiger charge is 2.24. The molecule has 2 atom stereocenters. The summed E-state index contributed by atoms with van der Waals surface area (Å²) in [4.78, 5) is 0. The fourth-order valence-corrected chi connectivity index (χ4v) is 3.80. The molecule has 1 saturated heterocycles. The molecule has 1 heterocycles. The number of nitrogens with one attached hydrogen (secondary N) is 1. The molecule has 2 rings (SSSR count). The minimum absolute atomic E-state index is 0.591. The van der Waals surface area contributed by atoms with Gasteiger partial charge in [-0.2, -0.15) is 0 Å². The standard InChI is InChI=1S/C17H33NO/c1-2-13-18-17(15-8-3-4-9-15)12-6-5-10-16-11-7-14-19-16/h15-18H,2-14H2,1H3. The summed E-state index contributed by atoms with van der Waals surface area (Å²) >= 11 is 0. The van der Waals surface area contributed by atoms with Crippen LogP contribution in [-0.4, -0.2) is 25.3 Å². The van der Waals surface area contributed by atoms with E-state index >= 15 is 0 Å². The Labute approximate surface area is 119 Å². The lowest BCUT2D eigenvalue weighted by molar-refractivity contribution is 0.101. The Hall–Kier alpha value is -0.0800. The highest BCUT2D eigenvalue weighted by molar-refractivity contribution is 4.80. The van der Waals surface area contributed by atoms with Crippen LogP contribution in [0.2, 0.25) is 0 Å². The molecule has 0 bridgehead atoms. The fourth-order valence-electron chi connectivity index (χ4n) is 3.80. The molecule has 2 unspecified atom stereocenters. The van der Waals surface area contributed by atoms with Crippen molar-refractivity contribution in [2.75, 3.05) is 13.2 Å². The van der Waals surface area contributed by atoms with Crippen molar-refractivity contribution in [1.82, 2.24) is 5.32 Å². The Kier molecular flexibility index (Phi) is 7.23. The molecule has 1 aliphatic heterocycles. The van der Waals surface area contributed by atoms with Gasteiger partial charge in [-0.25, -0.2) is 0 Å². The highest BCUT2D eigenvalue weighted by Crippen LogP contribution is 2.30. The van der Waals surface area contributed by atoms with Gasteiger partial charge in [0.2, 0.25) is 0 Å². The van der Waals surface area contributed by atoms with Crippen molar-refractivity contribution in [2.45, 2.75) is 89.7 Å². The fraction of sp³-hybridized carbons (Fsp3) is 1.00. The Morgan fingerprint density at radius 2 is 1.95 bits per heavy atom. The highest BCUT2D eigenvalue weighted by atomic mass is 16.5. The lowest BCUT2D eigenvalue weighted by Crippen LogP contribution is -2.35. The molecule has 2 aliphatic rings. The maximum atomic E-state index is 5.71. The minimum Gasteiger partial charge on any atom is -0.378 e. The van der Waals surface area contributed by atoms with Gasteiger partial charge in [0.15, 0.2) is 0 Å². The minimum atomic E-state index is 0.591. The number of rotatable bonds is 9. The summed E-state index contributed by atoms with van der Waals surface area (Å²) < 4.78 is 5.71. The molecule has 1 aliphatic carbocycles. The van der Waals surface area contributed by atoms with E-state index in [-0.39, 0.29) is 0 Å². The van der Waals surface area contributed by atoms with Gasteiger partial charge in [-0.1, -0.05) is 32.6 Å². The number of hydrogen-bond acceptors (Lipinski definition) is 2. The van der Waals surface area contributed by atoms with Crippen molar-refractivity contribution in [3.63, 3.8) is 0 Å². The molecule has 1 saturated carbocycles. The predicted octanol–water partition coefficient (Wildman–Crippen LogP) is 4.28. The van der Waals surface area contributed by atoms with Crippen molar-refractivity contribution in [3.05, 3.63) is 0 Å². The summed E-state index contributed by atoms with van der Waals surface area (Å²) in [6.45, 7) is 4.48. The van der Waals surface area contributed by atoms with Crippen molar-refractivity contribution in [2.24, 2.45) is 5.92 Å². The molecule has 2 heteroatoms. The van der Waals surface area contributed by atoms with Gasteiger partial charge >= 0.3 is 0 Å². The van der Waals surface area contributed by atoms with Crippen LogP contribution in [0.15, 0.2) is 0 Å². The monoisotopic (exact) mass is 267 g/mol. The predicted molar refractivity (Wildman–Crippen MR) is 81.5 cm³/mol. The Morgan fingerprint density at radius 3 is 2.63 bits per heavy atom. The normalized spacial score (nSPS) is 26.1. The molecule has 0 aromatic rings. The van der Waals surface area contributed by atoms with Crippen molar-refractivity contribution >= 4 is 0 Å². The van der Waals surface area contributed by atoms with Crippen LogP contribution in [-0.2, 0) is 4.74 Å². The van der Waals surface area contributed by atoms with Gasteiger partial charge in [-0.05, 0) is 57.4 Å². The molecular formula is C17H33NO. The first-order valence-electron chi connectivity index (χ1n) is 8.75. The molecule has 2 nitrogen and oxygen atoms in total. The topological polar surface area (TPSA) is 21.3 Å². The number of unbranched alkanes of at least 4 members (excludes halogenated alkanes) is 1. The van der Waals surface area contributed by atoms with E-state index in [0.29, 0.717) is 6.10 Å². The Morgan fingerprint density at radius 1 is 1.11 bits per heavy atom. The summed E-state index contributed by atoms with van der Waals surface area (Å²) in [5, 5.41) is 3.81. The smallest absolute Gasteiger partial charge is 0.0576 e. The van der Waals surface area contributed by atoms with Gasteiger partial charge in [0.25, 0.3) is 0 Å². The quantitative estimate of drug-likeness (QED) is 0.629. The van der Waals surface area contributed by atoms with Gasteiger partial charge < -0.3 is 10.1 Å². The van der Waals surface area contributed by atoms with Crippen molar-refractivity contribution < 1.29 is 4.74 Å². The second kappa shape index (κ2) is 8.97. The van der Waals surface area contributed by atoms with E-state index in [1.54, 1.807) is 0 Å².